The first-order chi connectivity index (χ1) is 12.6. The van der Waals surface area contributed by atoms with Crippen LogP contribution in [0.1, 0.15) is 36.3 Å². The smallest absolute Gasteiger partial charge is 0.228 e. The highest BCUT2D eigenvalue weighted by molar-refractivity contribution is 9.10. The van der Waals surface area contributed by atoms with Crippen molar-refractivity contribution in [2.24, 2.45) is 5.92 Å². The molecular formula is C21H21BrN2O2. The standard InChI is InChI=1S/C21H21BrN2O2/c22-16-6-2-5-15(11-16)18-12-19(18)21(26)23-17-7-1-4-14(10-17)13-24-9-3-8-20(24)25/h1-2,4-7,10-11,18-19H,3,8-9,12-13H2,(H,23,26). The molecule has 2 amide bonds. The SMILES string of the molecule is O=C(Nc1cccc(CN2CCCC2=O)c1)C1CC1c1cccc(Br)c1. The van der Waals surface area contributed by atoms with Crippen LogP contribution in [0.15, 0.2) is 53.0 Å². The molecule has 134 valence electrons. The molecule has 1 aliphatic heterocycles. The van der Waals surface area contributed by atoms with Gasteiger partial charge in [0.1, 0.15) is 0 Å². The number of halogens is 1. The van der Waals surface area contributed by atoms with Gasteiger partial charge in [0.15, 0.2) is 0 Å². The van der Waals surface area contributed by atoms with Gasteiger partial charge in [-0.15, -0.1) is 0 Å². The molecule has 1 heterocycles. The summed E-state index contributed by atoms with van der Waals surface area (Å²) in [4.78, 5) is 26.2. The Balaban J connectivity index is 1.38. The minimum atomic E-state index is 0.0353. The lowest BCUT2D eigenvalue weighted by Gasteiger charge is -2.16. The lowest BCUT2D eigenvalue weighted by Crippen LogP contribution is -2.23. The van der Waals surface area contributed by atoms with E-state index in [1.54, 1.807) is 0 Å². The molecule has 1 aliphatic carbocycles. The van der Waals surface area contributed by atoms with Gasteiger partial charge in [0.2, 0.25) is 11.8 Å². The van der Waals surface area contributed by atoms with E-state index in [1.807, 2.05) is 41.3 Å². The molecule has 2 unspecified atom stereocenters. The molecule has 2 aromatic carbocycles. The first kappa shape index (κ1) is 17.3. The molecule has 0 radical (unpaired) electrons. The zero-order chi connectivity index (χ0) is 18.1. The van der Waals surface area contributed by atoms with E-state index in [4.69, 9.17) is 0 Å². The van der Waals surface area contributed by atoms with Crippen LogP contribution in [-0.2, 0) is 16.1 Å². The van der Waals surface area contributed by atoms with E-state index >= 15 is 0 Å². The van der Waals surface area contributed by atoms with Gasteiger partial charge in [-0.05, 0) is 54.2 Å². The summed E-state index contributed by atoms with van der Waals surface area (Å²) in [6.07, 6.45) is 2.48. The summed E-state index contributed by atoms with van der Waals surface area (Å²) in [6, 6.07) is 16.0. The lowest BCUT2D eigenvalue weighted by atomic mass is 10.1. The van der Waals surface area contributed by atoms with Gasteiger partial charge >= 0.3 is 0 Å². The molecule has 0 bridgehead atoms. The van der Waals surface area contributed by atoms with Gasteiger partial charge < -0.3 is 10.2 Å². The van der Waals surface area contributed by atoms with Gasteiger partial charge in [-0.3, -0.25) is 9.59 Å². The molecular weight excluding hydrogens is 392 g/mol. The van der Waals surface area contributed by atoms with Crippen molar-refractivity contribution >= 4 is 33.4 Å². The largest absolute Gasteiger partial charge is 0.338 e. The number of carbonyl (C=O) groups excluding carboxylic acids is 2. The summed E-state index contributed by atoms with van der Waals surface area (Å²) in [5.74, 6) is 0.629. The molecule has 2 aromatic rings. The first-order valence-electron chi connectivity index (χ1n) is 9.03. The minimum Gasteiger partial charge on any atom is -0.338 e. The lowest BCUT2D eigenvalue weighted by molar-refractivity contribution is -0.128. The Morgan fingerprint density at radius 3 is 2.81 bits per heavy atom. The fourth-order valence-electron chi connectivity index (χ4n) is 3.66. The number of benzene rings is 2. The van der Waals surface area contributed by atoms with Gasteiger partial charge in [0.05, 0.1) is 0 Å². The normalized spacial score (nSPS) is 21.7. The molecule has 2 aliphatic rings. The fourth-order valence-corrected chi connectivity index (χ4v) is 4.08. The third-order valence-corrected chi connectivity index (χ3v) is 5.64. The topological polar surface area (TPSA) is 49.4 Å². The molecule has 5 heteroatoms. The van der Waals surface area contributed by atoms with Crippen LogP contribution in [-0.4, -0.2) is 23.3 Å². The summed E-state index contributed by atoms with van der Waals surface area (Å²) in [5.41, 5.74) is 3.07. The third-order valence-electron chi connectivity index (χ3n) is 5.14. The number of anilines is 1. The molecule has 4 rings (SSSR count). The Labute approximate surface area is 161 Å². The molecule has 26 heavy (non-hydrogen) atoms. The van der Waals surface area contributed by atoms with E-state index in [1.165, 1.54) is 5.56 Å². The van der Waals surface area contributed by atoms with E-state index in [-0.39, 0.29) is 17.7 Å². The summed E-state index contributed by atoms with van der Waals surface area (Å²) >= 11 is 3.49. The van der Waals surface area contributed by atoms with Crippen molar-refractivity contribution < 1.29 is 9.59 Å². The molecule has 2 atom stereocenters. The number of likely N-dealkylation sites (tertiary alicyclic amines) is 1. The average molecular weight is 413 g/mol. The van der Waals surface area contributed by atoms with E-state index in [0.717, 1.165) is 35.1 Å². The Morgan fingerprint density at radius 1 is 1.19 bits per heavy atom. The fraction of sp³-hybridized carbons (Fsp3) is 0.333. The quantitative estimate of drug-likeness (QED) is 0.794. The van der Waals surface area contributed by atoms with Crippen LogP contribution in [0.3, 0.4) is 0 Å². The number of hydrogen-bond acceptors (Lipinski definition) is 2. The van der Waals surface area contributed by atoms with Gasteiger partial charge in [-0.2, -0.15) is 0 Å². The van der Waals surface area contributed by atoms with Gasteiger partial charge in [-0.25, -0.2) is 0 Å². The molecule has 1 saturated heterocycles. The molecule has 1 N–H and O–H groups in total. The maximum Gasteiger partial charge on any atom is 0.228 e. The zero-order valence-electron chi connectivity index (χ0n) is 14.5. The van der Waals surface area contributed by atoms with Gasteiger partial charge in [0, 0.05) is 35.6 Å². The number of rotatable bonds is 5. The Morgan fingerprint density at radius 2 is 2.04 bits per heavy atom. The second kappa shape index (κ2) is 7.23. The van der Waals surface area contributed by atoms with Crippen LogP contribution in [0.2, 0.25) is 0 Å². The van der Waals surface area contributed by atoms with Crippen LogP contribution >= 0.6 is 15.9 Å². The van der Waals surface area contributed by atoms with Crippen LogP contribution in [0.25, 0.3) is 0 Å². The molecule has 1 saturated carbocycles. The second-order valence-electron chi connectivity index (χ2n) is 7.11. The minimum absolute atomic E-state index is 0.0353. The highest BCUT2D eigenvalue weighted by Gasteiger charge is 2.43. The predicted molar refractivity (Wildman–Crippen MR) is 105 cm³/mol. The summed E-state index contributed by atoms with van der Waals surface area (Å²) in [7, 11) is 0. The second-order valence-corrected chi connectivity index (χ2v) is 8.03. The number of nitrogens with zero attached hydrogens (tertiary/aromatic N) is 1. The predicted octanol–water partition coefficient (Wildman–Crippen LogP) is 4.31. The molecule has 0 spiro atoms. The molecule has 2 fully saturated rings. The average Bonchev–Trinajstić information content (AvgIpc) is 3.33. The van der Waals surface area contributed by atoms with Crippen molar-refractivity contribution in [1.82, 2.24) is 4.90 Å². The number of carbonyl (C=O) groups is 2. The van der Waals surface area contributed by atoms with E-state index in [9.17, 15) is 9.59 Å². The Bertz CT molecular complexity index is 851. The summed E-state index contributed by atoms with van der Waals surface area (Å²) in [6.45, 7) is 1.44. The molecule has 4 nitrogen and oxygen atoms in total. The van der Waals surface area contributed by atoms with Crippen molar-refractivity contribution in [3.8, 4) is 0 Å². The molecule has 0 aromatic heterocycles. The van der Waals surface area contributed by atoms with Crippen LogP contribution in [0, 0.1) is 5.92 Å². The Hall–Kier alpha value is -2.14. The van der Waals surface area contributed by atoms with Crippen molar-refractivity contribution in [3.63, 3.8) is 0 Å². The maximum absolute atomic E-state index is 12.6. The number of amides is 2. The van der Waals surface area contributed by atoms with Crippen molar-refractivity contribution in [2.75, 3.05) is 11.9 Å². The van der Waals surface area contributed by atoms with Crippen LogP contribution < -0.4 is 5.32 Å². The van der Waals surface area contributed by atoms with E-state index in [2.05, 4.69) is 33.4 Å². The Kier molecular flexibility index (Phi) is 4.81. The van der Waals surface area contributed by atoms with Crippen molar-refractivity contribution in [2.45, 2.75) is 31.7 Å². The van der Waals surface area contributed by atoms with Crippen molar-refractivity contribution in [1.29, 1.82) is 0 Å². The third kappa shape index (κ3) is 3.83. The van der Waals surface area contributed by atoms with Gasteiger partial charge in [0.25, 0.3) is 0 Å². The van der Waals surface area contributed by atoms with Gasteiger partial charge in [-0.1, -0.05) is 40.2 Å². The van der Waals surface area contributed by atoms with E-state index < -0.39 is 0 Å². The van der Waals surface area contributed by atoms with Crippen molar-refractivity contribution in [3.05, 3.63) is 64.1 Å². The van der Waals surface area contributed by atoms with E-state index in [0.29, 0.717) is 18.9 Å². The summed E-state index contributed by atoms with van der Waals surface area (Å²) in [5, 5.41) is 3.04. The van der Waals surface area contributed by atoms with Crippen LogP contribution in [0.5, 0.6) is 0 Å². The number of hydrogen-bond donors (Lipinski definition) is 1. The zero-order valence-corrected chi connectivity index (χ0v) is 16.0. The first-order valence-corrected chi connectivity index (χ1v) is 9.82. The monoisotopic (exact) mass is 412 g/mol. The summed E-state index contributed by atoms with van der Waals surface area (Å²) < 4.78 is 1.05. The van der Waals surface area contributed by atoms with Crippen LogP contribution in [0.4, 0.5) is 5.69 Å². The maximum atomic E-state index is 12.6. The highest BCUT2D eigenvalue weighted by atomic mass is 79.9. The number of nitrogens with one attached hydrogen (secondary N) is 1. The highest BCUT2D eigenvalue weighted by Crippen LogP contribution is 2.48.